The van der Waals surface area contributed by atoms with Crippen LogP contribution in [0.2, 0.25) is 0 Å². The Balaban J connectivity index is 4.50. The zero-order valence-electron chi connectivity index (χ0n) is 13.3. The second-order valence-corrected chi connectivity index (χ2v) is 6.39. The number of carbonyl (C=O) groups is 2. The Bertz CT molecular complexity index is 311. The fourth-order valence-electron chi connectivity index (χ4n) is 2.39. The third-order valence-electron chi connectivity index (χ3n) is 3.62. The molecule has 0 aromatic heterocycles. The number of nitrogens with two attached hydrogens (primary N) is 1. The highest BCUT2D eigenvalue weighted by molar-refractivity contribution is 5.81. The fourth-order valence-corrected chi connectivity index (χ4v) is 2.39. The van der Waals surface area contributed by atoms with Crippen LogP contribution in [-0.4, -0.2) is 41.5 Å². The van der Waals surface area contributed by atoms with Crippen LogP contribution in [0.25, 0.3) is 0 Å². The summed E-state index contributed by atoms with van der Waals surface area (Å²) in [4.78, 5) is 24.3. The Kier molecular flexibility index (Phi) is 8.46. The first kappa shape index (κ1) is 18.9. The average molecular weight is 286 g/mol. The molecule has 20 heavy (non-hydrogen) atoms. The summed E-state index contributed by atoms with van der Waals surface area (Å²) in [6.07, 6.45) is 2.82. The molecule has 0 spiro atoms. The van der Waals surface area contributed by atoms with E-state index in [1.54, 1.807) is 0 Å². The summed E-state index contributed by atoms with van der Waals surface area (Å²) in [5.41, 5.74) is 5.75. The summed E-state index contributed by atoms with van der Waals surface area (Å²) in [5.74, 6) is -0.647. The van der Waals surface area contributed by atoms with Crippen LogP contribution in [0.15, 0.2) is 0 Å². The second-order valence-electron chi connectivity index (χ2n) is 6.39. The highest BCUT2D eigenvalue weighted by atomic mass is 16.4. The van der Waals surface area contributed by atoms with Crippen molar-refractivity contribution in [1.82, 2.24) is 4.90 Å². The zero-order valence-corrected chi connectivity index (χ0v) is 13.3. The number of carboxylic acid groups (broad SMARTS) is 1. The van der Waals surface area contributed by atoms with Gasteiger partial charge in [0.25, 0.3) is 0 Å². The largest absolute Gasteiger partial charge is 0.480 e. The first-order chi connectivity index (χ1) is 9.22. The van der Waals surface area contributed by atoms with Gasteiger partial charge in [-0.15, -0.1) is 0 Å². The normalized spacial score (nSPS) is 13.1. The summed E-state index contributed by atoms with van der Waals surface area (Å²) in [7, 11) is 0. The van der Waals surface area contributed by atoms with E-state index < -0.39 is 5.97 Å². The van der Waals surface area contributed by atoms with Gasteiger partial charge in [-0.25, -0.2) is 0 Å². The molecule has 0 aliphatic carbocycles. The lowest BCUT2D eigenvalue weighted by Gasteiger charge is -2.31. The van der Waals surface area contributed by atoms with Crippen molar-refractivity contribution in [2.45, 2.75) is 53.4 Å². The second kappa shape index (κ2) is 8.95. The number of nitrogens with zero attached hydrogens (tertiary/aromatic N) is 1. The summed E-state index contributed by atoms with van der Waals surface area (Å²) in [5, 5.41) is 8.84. The van der Waals surface area contributed by atoms with Crippen molar-refractivity contribution in [3.8, 4) is 0 Å². The maximum absolute atomic E-state index is 12.1. The molecule has 0 radical (unpaired) electrons. The number of hydrogen-bond acceptors (Lipinski definition) is 3. The SMILES string of the molecule is CCCN(CC(=O)O)C(=O)CCC(CCN)C(C)(C)C. The average Bonchev–Trinajstić information content (AvgIpc) is 2.31. The van der Waals surface area contributed by atoms with E-state index in [2.05, 4.69) is 20.8 Å². The highest BCUT2D eigenvalue weighted by Gasteiger charge is 2.25. The van der Waals surface area contributed by atoms with Gasteiger partial charge in [0.05, 0.1) is 0 Å². The maximum atomic E-state index is 12.1. The van der Waals surface area contributed by atoms with Crippen molar-refractivity contribution >= 4 is 11.9 Å². The van der Waals surface area contributed by atoms with Crippen molar-refractivity contribution < 1.29 is 14.7 Å². The molecule has 0 aliphatic heterocycles. The molecule has 0 saturated carbocycles. The van der Waals surface area contributed by atoms with Crippen LogP contribution in [-0.2, 0) is 9.59 Å². The van der Waals surface area contributed by atoms with Gasteiger partial charge in [-0.1, -0.05) is 27.7 Å². The molecule has 0 aromatic carbocycles. The van der Waals surface area contributed by atoms with E-state index in [-0.39, 0.29) is 17.9 Å². The Morgan fingerprint density at radius 1 is 1.25 bits per heavy atom. The topological polar surface area (TPSA) is 83.6 Å². The predicted octanol–water partition coefficient (Wildman–Crippen LogP) is 2.10. The van der Waals surface area contributed by atoms with Gasteiger partial charge in [0.2, 0.25) is 5.91 Å². The quantitative estimate of drug-likeness (QED) is 0.680. The minimum Gasteiger partial charge on any atom is -0.480 e. The van der Waals surface area contributed by atoms with Gasteiger partial charge in [0.1, 0.15) is 6.54 Å². The van der Waals surface area contributed by atoms with Gasteiger partial charge in [-0.3, -0.25) is 9.59 Å². The Morgan fingerprint density at radius 2 is 1.85 bits per heavy atom. The Morgan fingerprint density at radius 3 is 2.25 bits per heavy atom. The van der Waals surface area contributed by atoms with Crippen LogP contribution in [0.3, 0.4) is 0 Å². The molecule has 118 valence electrons. The molecule has 5 heteroatoms. The van der Waals surface area contributed by atoms with E-state index in [0.29, 0.717) is 25.4 Å². The van der Waals surface area contributed by atoms with Gasteiger partial charge < -0.3 is 15.7 Å². The standard InChI is InChI=1S/C15H30N2O3/c1-5-10-17(11-14(19)20)13(18)7-6-12(8-9-16)15(2,3)4/h12H,5-11,16H2,1-4H3,(H,19,20). The van der Waals surface area contributed by atoms with Gasteiger partial charge in [-0.2, -0.15) is 0 Å². The number of amides is 1. The van der Waals surface area contributed by atoms with Crippen LogP contribution in [0.5, 0.6) is 0 Å². The van der Waals surface area contributed by atoms with Gasteiger partial charge in [-0.05, 0) is 37.1 Å². The van der Waals surface area contributed by atoms with E-state index in [1.807, 2.05) is 6.92 Å². The third kappa shape index (κ3) is 7.48. The third-order valence-corrected chi connectivity index (χ3v) is 3.62. The molecule has 0 aromatic rings. The van der Waals surface area contributed by atoms with Crippen LogP contribution in [0.4, 0.5) is 0 Å². The fraction of sp³-hybridized carbons (Fsp3) is 0.867. The molecule has 0 saturated heterocycles. The molecule has 5 nitrogen and oxygen atoms in total. The Hall–Kier alpha value is -1.10. The van der Waals surface area contributed by atoms with E-state index >= 15 is 0 Å². The summed E-state index contributed by atoms with van der Waals surface area (Å²) < 4.78 is 0. The van der Waals surface area contributed by atoms with Crippen LogP contribution < -0.4 is 5.73 Å². The van der Waals surface area contributed by atoms with Gasteiger partial charge in [0.15, 0.2) is 0 Å². The van der Waals surface area contributed by atoms with Gasteiger partial charge in [0, 0.05) is 13.0 Å². The van der Waals surface area contributed by atoms with Crippen molar-refractivity contribution in [2.24, 2.45) is 17.1 Å². The number of carbonyl (C=O) groups excluding carboxylic acids is 1. The van der Waals surface area contributed by atoms with E-state index in [0.717, 1.165) is 19.3 Å². The lowest BCUT2D eigenvalue weighted by atomic mass is 9.76. The van der Waals surface area contributed by atoms with Crippen molar-refractivity contribution in [3.63, 3.8) is 0 Å². The molecule has 1 atom stereocenters. The number of rotatable bonds is 9. The van der Waals surface area contributed by atoms with Crippen LogP contribution >= 0.6 is 0 Å². The van der Waals surface area contributed by atoms with Crippen LogP contribution in [0.1, 0.15) is 53.4 Å². The molecule has 1 unspecified atom stereocenters. The number of carboxylic acids is 1. The van der Waals surface area contributed by atoms with E-state index in [1.165, 1.54) is 4.90 Å². The zero-order chi connectivity index (χ0) is 15.8. The summed E-state index contributed by atoms with van der Waals surface area (Å²) in [6.45, 7) is 9.31. The molecule has 1 amide bonds. The van der Waals surface area contributed by atoms with E-state index in [4.69, 9.17) is 10.8 Å². The molecule has 3 N–H and O–H groups in total. The Labute approximate surface area is 122 Å². The summed E-state index contributed by atoms with van der Waals surface area (Å²) >= 11 is 0. The molecule has 0 fully saturated rings. The first-order valence-corrected chi connectivity index (χ1v) is 7.42. The summed E-state index contributed by atoms with van der Waals surface area (Å²) in [6, 6.07) is 0. The lowest BCUT2D eigenvalue weighted by molar-refractivity contribution is -0.144. The number of hydrogen-bond donors (Lipinski definition) is 2. The van der Waals surface area contributed by atoms with Gasteiger partial charge >= 0.3 is 5.97 Å². The molecule has 0 rings (SSSR count). The van der Waals surface area contributed by atoms with Crippen molar-refractivity contribution in [2.75, 3.05) is 19.6 Å². The molecule has 0 bridgehead atoms. The number of aliphatic carboxylic acids is 1. The lowest BCUT2D eigenvalue weighted by Crippen LogP contribution is -2.37. The maximum Gasteiger partial charge on any atom is 0.323 e. The van der Waals surface area contributed by atoms with E-state index in [9.17, 15) is 9.59 Å². The first-order valence-electron chi connectivity index (χ1n) is 7.42. The highest BCUT2D eigenvalue weighted by Crippen LogP contribution is 2.32. The monoisotopic (exact) mass is 286 g/mol. The minimum atomic E-state index is -0.957. The van der Waals surface area contributed by atoms with Crippen LogP contribution in [0, 0.1) is 11.3 Å². The molecular formula is C15H30N2O3. The predicted molar refractivity (Wildman–Crippen MR) is 80.4 cm³/mol. The minimum absolute atomic E-state index is 0.0690. The molecular weight excluding hydrogens is 256 g/mol. The molecule has 0 heterocycles. The molecule has 0 aliphatic rings. The van der Waals surface area contributed by atoms with Crippen molar-refractivity contribution in [1.29, 1.82) is 0 Å². The van der Waals surface area contributed by atoms with Crippen molar-refractivity contribution in [3.05, 3.63) is 0 Å². The smallest absolute Gasteiger partial charge is 0.323 e.